The molecule has 7 nitrogen and oxygen atoms in total. The lowest BCUT2D eigenvalue weighted by Crippen LogP contribution is -2.37. The SMILES string of the molecule is COCCC1=NC(C)C(c2c(C(F)(F)F)nc3c(N4CCOCC4)nccn23)C=C1. The molecule has 2 aromatic rings. The maximum absolute atomic E-state index is 14.0. The Morgan fingerprint density at radius 2 is 2.03 bits per heavy atom. The summed E-state index contributed by atoms with van der Waals surface area (Å²) >= 11 is 0. The molecule has 0 radical (unpaired) electrons. The highest BCUT2D eigenvalue weighted by Crippen LogP contribution is 2.39. The number of methoxy groups -OCH3 is 1. The molecule has 2 aromatic heterocycles. The van der Waals surface area contributed by atoms with Crippen molar-refractivity contribution in [3.05, 3.63) is 35.9 Å². The molecule has 0 saturated carbocycles. The van der Waals surface area contributed by atoms with Gasteiger partial charge in [-0.15, -0.1) is 0 Å². The Morgan fingerprint density at radius 3 is 2.70 bits per heavy atom. The van der Waals surface area contributed by atoms with Gasteiger partial charge in [-0.25, -0.2) is 9.97 Å². The quantitative estimate of drug-likeness (QED) is 0.740. The molecule has 0 aliphatic carbocycles. The van der Waals surface area contributed by atoms with Gasteiger partial charge in [0.15, 0.2) is 17.2 Å². The van der Waals surface area contributed by atoms with Gasteiger partial charge < -0.3 is 14.4 Å². The number of dihydropyridines is 1. The molecule has 0 amide bonds. The molecule has 4 rings (SSSR count). The van der Waals surface area contributed by atoms with Gasteiger partial charge in [-0.05, 0) is 13.0 Å². The maximum Gasteiger partial charge on any atom is 0.435 e. The van der Waals surface area contributed by atoms with E-state index >= 15 is 0 Å². The van der Waals surface area contributed by atoms with E-state index in [-0.39, 0.29) is 17.4 Å². The summed E-state index contributed by atoms with van der Waals surface area (Å²) in [5.74, 6) is -0.114. The highest BCUT2D eigenvalue weighted by molar-refractivity contribution is 5.96. The number of halogens is 3. The van der Waals surface area contributed by atoms with Gasteiger partial charge >= 0.3 is 6.18 Å². The van der Waals surface area contributed by atoms with Gasteiger partial charge in [0, 0.05) is 50.6 Å². The fourth-order valence-corrected chi connectivity index (χ4v) is 3.94. The number of anilines is 1. The number of hydrogen-bond acceptors (Lipinski definition) is 6. The predicted molar refractivity (Wildman–Crippen MR) is 106 cm³/mol. The first-order valence-electron chi connectivity index (χ1n) is 9.91. The maximum atomic E-state index is 14.0. The second-order valence-corrected chi connectivity index (χ2v) is 7.38. The number of morpholine rings is 1. The highest BCUT2D eigenvalue weighted by Gasteiger charge is 2.41. The number of aromatic nitrogens is 3. The van der Waals surface area contributed by atoms with E-state index in [4.69, 9.17) is 9.47 Å². The molecule has 0 spiro atoms. The van der Waals surface area contributed by atoms with Crippen molar-refractivity contribution in [2.75, 3.05) is 44.9 Å². The number of hydrogen-bond donors (Lipinski definition) is 0. The van der Waals surface area contributed by atoms with Crippen molar-refractivity contribution in [2.45, 2.75) is 31.5 Å². The smallest absolute Gasteiger partial charge is 0.384 e. The molecule has 30 heavy (non-hydrogen) atoms. The Labute approximate surface area is 172 Å². The molecular formula is C20H24F3N5O2. The van der Waals surface area contributed by atoms with Gasteiger partial charge in [0.2, 0.25) is 0 Å². The van der Waals surface area contributed by atoms with Crippen molar-refractivity contribution < 1.29 is 22.6 Å². The molecule has 1 saturated heterocycles. The van der Waals surface area contributed by atoms with Crippen LogP contribution in [0.5, 0.6) is 0 Å². The number of rotatable bonds is 5. The Kier molecular flexibility index (Phi) is 5.79. The molecule has 4 heterocycles. The zero-order chi connectivity index (χ0) is 21.3. The van der Waals surface area contributed by atoms with E-state index in [0.717, 1.165) is 5.71 Å². The van der Waals surface area contributed by atoms with E-state index in [1.54, 1.807) is 25.5 Å². The Bertz CT molecular complexity index is 963. The van der Waals surface area contributed by atoms with Crippen molar-refractivity contribution in [1.29, 1.82) is 0 Å². The van der Waals surface area contributed by atoms with Gasteiger partial charge in [-0.3, -0.25) is 9.39 Å². The van der Waals surface area contributed by atoms with Crippen LogP contribution in [0, 0.1) is 0 Å². The van der Waals surface area contributed by atoms with Crippen molar-refractivity contribution in [3.63, 3.8) is 0 Å². The molecule has 2 unspecified atom stereocenters. The zero-order valence-electron chi connectivity index (χ0n) is 16.9. The van der Waals surface area contributed by atoms with Crippen LogP contribution >= 0.6 is 0 Å². The number of allylic oxidation sites excluding steroid dienone is 1. The molecule has 2 atom stereocenters. The molecule has 1 fully saturated rings. The topological polar surface area (TPSA) is 64.2 Å². The van der Waals surface area contributed by atoms with E-state index < -0.39 is 17.8 Å². The third-order valence-electron chi connectivity index (χ3n) is 5.40. The summed E-state index contributed by atoms with van der Waals surface area (Å²) in [6, 6.07) is -0.358. The van der Waals surface area contributed by atoms with E-state index in [1.165, 1.54) is 10.6 Å². The molecule has 162 valence electrons. The summed E-state index contributed by atoms with van der Waals surface area (Å²) < 4.78 is 53.9. The van der Waals surface area contributed by atoms with Crippen LogP contribution in [0.25, 0.3) is 5.65 Å². The van der Waals surface area contributed by atoms with E-state index in [1.807, 2.05) is 11.8 Å². The van der Waals surface area contributed by atoms with Gasteiger partial charge in [0.05, 0.1) is 31.6 Å². The summed E-state index contributed by atoms with van der Waals surface area (Å²) in [7, 11) is 1.60. The highest BCUT2D eigenvalue weighted by atomic mass is 19.4. The van der Waals surface area contributed by atoms with E-state index in [0.29, 0.717) is 45.1 Å². The van der Waals surface area contributed by atoms with Crippen molar-refractivity contribution in [3.8, 4) is 0 Å². The number of fused-ring (bicyclic) bond motifs is 1. The van der Waals surface area contributed by atoms with Crippen LogP contribution in [0.1, 0.15) is 30.7 Å². The van der Waals surface area contributed by atoms with Crippen molar-refractivity contribution in [1.82, 2.24) is 14.4 Å². The van der Waals surface area contributed by atoms with Gasteiger partial charge in [-0.1, -0.05) is 6.08 Å². The molecule has 2 aliphatic rings. The van der Waals surface area contributed by atoms with E-state index in [9.17, 15) is 13.2 Å². The van der Waals surface area contributed by atoms with Crippen LogP contribution in [0.15, 0.2) is 29.5 Å². The summed E-state index contributed by atoms with van der Waals surface area (Å²) in [5.41, 5.74) is 0.227. The second-order valence-electron chi connectivity index (χ2n) is 7.38. The predicted octanol–water partition coefficient (Wildman–Crippen LogP) is 3.10. The second kappa shape index (κ2) is 8.35. The van der Waals surface area contributed by atoms with Crippen molar-refractivity contribution >= 4 is 17.2 Å². The van der Waals surface area contributed by atoms with Crippen LogP contribution in [-0.4, -0.2) is 66.1 Å². The number of nitrogens with zero attached hydrogens (tertiary/aromatic N) is 5. The lowest BCUT2D eigenvalue weighted by atomic mass is 9.92. The van der Waals surface area contributed by atoms with Crippen LogP contribution < -0.4 is 4.90 Å². The number of aliphatic imine (C=N–C) groups is 1. The molecule has 0 bridgehead atoms. The van der Waals surface area contributed by atoms with Crippen LogP contribution in [0.2, 0.25) is 0 Å². The fraction of sp³-hybridized carbons (Fsp3) is 0.550. The summed E-state index contributed by atoms with van der Waals surface area (Å²) in [6.07, 6.45) is 2.67. The zero-order valence-corrected chi connectivity index (χ0v) is 16.9. The van der Waals surface area contributed by atoms with Gasteiger partial charge in [-0.2, -0.15) is 13.2 Å². The molecule has 0 aromatic carbocycles. The average molecular weight is 423 g/mol. The fourth-order valence-electron chi connectivity index (χ4n) is 3.94. The standard InChI is InChI=1S/C20H24F3N5O2/c1-13-15(4-3-14(25-13)5-10-29-2)16-17(20(21,22)23)26-19-18(24-6-7-28(16)19)27-8-11-30-12-9-27/h3-4,6-7,13,15H,5,8-12H2,1-2H3. The monoisotopic (exact) mass is 423 g/mol. The Morgan fingerprint density at radius 1 is 1.27 bits per heavy atom. The van der Waals surface area contributed by atoms with Crippen molar-refractivity contribution in [2.24, 2.45) is 4.99 Å². The first-order valence-corrected chi connectivity index (χ1v) is 9.91. The minimum absolute atomic E-state index is 0.0905. The van der Waals surface area contributed by atoms with Crippen LogP contribution in [-0.2, 0) is 15.7 Å². The molecular weight excluding hydrogens is 399 g/mol. The summed E-state index contributed by atoms with van der Waals surface area (Å²) in [4.78, 5) is 14.9. The normalized spacial score (nSPS) is 22.6. The lowest BCUT2D eigenvalue weighted by Gasteiger charge is -2.28. The third kappa shape index (κ3) is 3.93. The molecule has 2 aliphatic heterocycles. The number of ether oxygens (including phenoxy) is 2. The average Bonchev–Trinajstić information content (AvgIpc) is 3.13. The Balaban J connectivity index is 1.79. The number of imidazole rings is 1. The first kappa shape index (κ1) is 20.8. The Hall–Kier alpha value is -2.46. The lowest BCUT2D eigenvalue weighted by molar-refractivity contribution is -0.141. The van der Waals surface area contributed by atoms with Gasteiger partial charge in [0.1, 0.15) is 0 Å². The van der Waals surface area contributed by atoms with Crippen LogP contribution in [0.4, 0.5) is 19.0 Å². The van der Waals surface area contributed by atoms with E-state index in [2.05, 4.69) is 15.0 Å². The minimum Gasteiger partial charge on any atom is -0.384 e. The summed E-state index contributed by atoms with van der Waals surface area (Å²) in [6.45, 7) is 4.46. The number of alkyl halides is 3. The summed E-state index contributed by atoms with van der Waals surface area (Å²) in [5, 5.41) is 0. The molecule has 10 heteroatoms. The van der Waals surface area contributed by atoms with Crippen LogP contribution in [0.3, 0.4) is 0 Å². The minimum atomic E-state index is -4.59. The largest absolute Gasteiger partial charge is 0.435 e. The third-order valence-corrected chi connectivity index (χ3v) is 5.40. The first-order chi connectivity index (χ1) is 14.4. The van der Waals surface area contributed by atoms with Gasteiger partial charge in [0.25, 0.3) is 0 Å². The molecule has 0 N–H and O–H groups in total.